The topological polar surface area (TPSA) is 101 Å². The van der Waals surface area contributed by atoms with E-state index < -0.39 is 20.5 Å². The number of sulfonamides is 1. The van der Waals surface area contributed by atoms with Gasteiger partial charge in [-0.15, -0.1) is 0 Å². The molecule has 0 aliphatic carbocycles. The number of benzene rings is 1. The van der Waals surface area contributed by atoms with E-state index in [1.54, 1.807) is 26.0 Å². The third-order valence-corrected chi connectivity index (χ3v) is 4.44. The van der Waals surface area contributed by atoms with Gasteiger partial charge in [-0.05, 0) is 35.3 Å². The molecule has 118 valence electrons. The van der Waals surface area contributed by atoms with Gasteiger partial charge >= 0.3 is 0 Å². The van der Waals surface area contributed by atoms with Gasteiger partial charge in [-0.25, -0.2) is 13.1 Å². The highest BCUT2D eigenvalue weighted by atomic mass is 79.9. The maximum atomic E-state index is 11.2. The lowest BCUT2D eigenvalue weighted by atomic mass is 10.1. The van der Waals surface area contributed by atoms with Crippen molar-refractivity contribution >= 4 is 31.6 Å². The summed E-state index contributed by atoms with van der Waals surface area (Å²) in [5.41, 5.74) is 0.0861. The minimum Gasteiger partial charge on any atom is -0.311 e. The fourth-order valence-corrected chi connectivity index (χ4v) is 3.52. The average Bonchev–Trinajstić information content (AvgIpc) is 2.27. The van der Waals surface area contributed by atoms with Crippen molar-refractivity contribution < 1.29 is 13.3 Å². The van der Waals surface area contributed by atoms with Crippen molar-refractivity contribution in [3.63, 3.8) is 0 Å². The van der Waals surface area contributed by atoms with Gasteiger partial charge < -0.3 is 5.32 Å². The summed E-state index contributed by atoms with van der Waals surface area (Å²) in [6, 6.07) is 4.80. The van der Waals surface area contributed by atoms with Gasteiger partial charge in [0.1, 0.15) is 0 Å². The van der Waals surface area contributed by atoms with Crippen LogP contribution in [0.3, 0.4) is 0 Å². The number of hydrogen-bond acceptors (Lipinski definition) is 5. The summed E-state index contributed by atoms with van der Waals surface area (Å²) in [6.45, 7) is 4.28. The van der Waals surface area contributed by atoms with Crippen LogP contribution in [0.25, 0.3) is 0 Å². The lowest BCUT2D eigenvalue weighted by molar-refractivity contribution is -0.385. The molecule has 21 heavy (non-hydrogen) atoms. The van der Waals surface area contributed by atoms with Crippen LogP contribution in [0.4, 0.5) is 5.69 Å². The van der Waals surface area contributed by atoms with E-state index in [-0.39, 0.29) is 5.69 Å². The van der Waals surface area contributed by atoms with E-state index in [0.717, 1.165) is 11.8 Å². The van der Waals surface area contributed by atoms with Crippen LogP contribution in [0.15, 0.2) is 22.7 Å². The van der Waals surface area contributed by atoms with Crippen LogP contribution in [0.5, 0.6) is 0 Å². The number of rotatable bonds is 7. The zero-order valence-corrected chi connectivity index (χ0v) is 14.4. The van der Waals surface area contributed by atoms with Gasteiger partial charge in [-0.3, -0.25) is 10.1 Å². The Labute approximate surface area is 132 Å². The highest BCUT2D eigenvalue weighted by Gasteiger charge is 2.22. The molecule has 0 radical (unpaired) electrons. The van der Waals surface area contributed by atoms with Crippen LogP contribution in [-0.2, 0) is 16.6 Å². The van der Waals surface area contributed by atoms with Gasteiger partial charge in [0, 0.05) is 24.7 Å². The Bertz CT molecular complexity index is 631. The van der Waals surface area contributed by atoms with Crippen molar-refractivity contribution in [3.8, 4) is 0 Å². The third kappa shape index (κ3) is 6.08. The lowest BCUT2D eigenvalue weighted by Crippen LogP contribution is -2.49. The number of nitro groups is 1. The second-order valence-corrected chi connectivity index (χ2v) is 7.91. The molecule has 7 nitrogen and oxygen atoms in total. The Kier molecular flexibility index (Phi) is 5.85. The first-order valence-corrected chi connectivity index (χ1v) is 8.82. The molecule has 0 amide bonds. The maximum Gasteiger partial charge on any atom is 0.283 e. The Morgan fingerprint density at radius 2 is 2.00 bits per heavy atom. The van der Waals surface area contributed by atoms with Gasteiger partial charge in [-0.2, -0.15) is 0 Å². The molecule has 0 aliphatic rings. The number of nitro benzene ring substituents is 1. The highest BCUT2D eigenvalue weighted by Crippen LogP contribution is 2.28. The molecule has 0 bridgehead atoms. The molecule has 1 aromatic rings. The Balaban J connectivity index is 2.69. The van der Waals surface area contributed by atoms with Crippen molar-refractivity contribution in [1.82, 2.24) is 10.0 Å². The van der Waals surface area contributed by atoms with E-state index in [2.05, 4.69) is 26.0 Å². The molecule has 2 N–H and O–H groups in total. The predicted octanol–water partition coefficient (Wildman–Crippen LogP) is 1.77. The molecule has 0 unspecified atom stereocenters. The first kappa shape index (κ1) is 18.0. The maximum absolute atomic E-state index is 11.2. The summed E-state index contributed by atoms with van der Waals surface area (Å²) in [4.78, 5) is 10.4. The second kappa shape index (κ2) is 6.82. The molecule has 1 rings (SSSR count). The largest absolute Gasteiger partial charge is 0.311 e. The Hall–Kier alpha value is -1.03. The van der Waals surface area contributed by atoms with Gasteiger partial charge in [0.15, 0.2) is 0 Å². The summed E-state index contributed by atoms with van der Waals surface area (Å²) in [6.07, 6.45) is 1.10. The smallest absolute Gasteiger partial charge is 0.283 e. The van der Waals surface area contributed by atoms with Crippen molar-refractivity contribution in [2.45, 2.75) is 25.9 Å². The van der Waals surface area contributed by atoms with Crippen LogP contribution in [0.1, 0.15) is 19.4 Å². The SMILES string of the molecule is CC(C)(CNCc1cccc([N+](=O)[O-])c1Br)NS(C)(=O)=O. The molecule has 0 spiro atoms. The second-order valence-electron chi connectivity index (χ2n) is 5.37. The van der Waals surface area contributed by atoms with Crippen LogP contribution in [0.2, 0.25) is 0 Å². The van der Waals surface area contributed by atoms with Crippen LogP contribution in [-0.4, -0.2) is 31.7 Å². The predicted molar refractivity (Wildman–Crippen MR) is 84.6 cm³/mol. The van der Waals surface area contributed by atoms with E-state index in [9.17, 15) is 18.5 Å². The molecule has 1 aromatic carbocycles. The van der Waals surface area contributed by atoms with E-state index in [1.807, 2.05) is 0 Å². The van der Waals surface area contributed by atoms with Crippen molar-refractivity contribution in [3.05, 3.63) is 38.3 Å². The molecule has 0 heterocycles. The van der Waals surface area contributed by atoms with E-state index in [0.29, 0.717) is 17.6 Å². The summed E-state index contributed by atoms with van der Waals surface area (Å²) in [5.74, 6) is 0. The molecular formula is C12H18BrN3O4S. The number of nitrogens with one attached hydrogen (secondary N) is 2. The summed E-state index contributed by atoms with van der Waals surface area (Å²) in [5, 5.41) is 13.9. The molecule has 0 aliphatic heterocycles. The van der Waals surface area contributed by atoms with E-state index in [4.69, 9.17) is 0 Å². The van der Waals surface area contributed by atoms with Gasteiger partial charge in [0.05, 0.1) is 15.7 Å². The first-order valence-electron chi connectivity index (χ1n) is 6.13. The van der Waals surface area contributed by atoms with Crippen molar-refractivity contribution in [2.24, 2.45) is 0 Å². The van der Waals surface area contributed by atoms with Crippen LogP contribution < -0.4 is 10.0 Å². The standard InChI is InChI=1S/C12H18BrN3O4S/c1-12(2,15-21(3,19)20)8-14-7-9-5-4-6-10(11(9)13)16(17)18/h4-6,14-15H,7-8H2,1-3H3. The van der Waals surface area contributed by atoms with Gasteiger partial charge in [0.25, 0.3) is 5.69 Å². The Morgan fingerprint density at radius 1 is 1.38 bits per heavy atom. The summed E-state index contributed by atoms with van der Waals surface area (Å²) >= 11 is 3.22. The molecule has 0 fully saturated rings. The monoisotopic (exact) mass is 379 g/mol. The number of hydrogen-bond donors (Lipinski definition) is 2. The molecule has 0 atom stereocenters. The zero-order chi connectivity index (χ0) is 16.3. The fraction of sp³-hybridized carbons (Fsp3) is 0.500. The van der Waals surface area contributed by atoms with Gasteiger partial charge in [-0.1, -0.05) is 12.1 Å². The summed E-state index contributed by atoms with van der Waals surface area (Å²) in [7, 11) is -3.29. The van der Waals surface area contributed by atoms with Crippen LogP contribution >= 0.6 is 15.9 Å². The van der Waals surface area contributed by atoms with E-state index in [1.165, 1.54) is 6.07 Å². The molecule has 0 saturated carbocycles. The highest BCUT2D eigenvalue weighted by molar-refractivity contribution is 9.10. The Morgan fingerprint density at radius 3 is 2.52 bits per heavy atom. The molecule has 0 aromatic heterocycles. The minimum atomic E-state index is -3.29. The molecule has 9 heteroatoms. The lowest BCUT2D eigenvalue weighted by Gasteiger charge is -2.25. The number of halogens is 1. The summed E-state index contributed by atoms with van der Waals surface area (Å²) < 4.78 is 25.4. The number of nitrogens with zero attached hydrogens (tertiary/aromatic N) is 1. The van der Waals surface area contributed by atoms with Crippen LogP contribution in [0, 0.1) is 10.1 Å². The first-order chi connectivity index (χ1) is 9.52. The fourth-order valence-electron chi connectivity index (χ4n) is 1.89. The van der Waals surface area contributed by atoms with Crippen molar-refractivity contribution in [2.75, 3.05) is 12.8 Å². The molecular weight excluding hydrogens is 362 g/mol. The third-order valence-electron chi connectivity index (χ3n) is 2.60. The van der Waals surface area contributed by atoms with Gasteiger partial charge in [0.2, 0.25) is 10.0 Å². The average molecular weight is 380 g/mol. The quantitative estimate of drug-likeness (QED) is 0.555. The normalized spacial score (nSPS) is 12.4. The van der Waals surface area contributed by atoms with Crippen molar-refractivity contribution in [1.29, 1.82) is 0 Å². The van der Waals surface area contributed by atoms with E-state index >= 15 is 0 Å². The zero-order valence-electron chi connectivity index (χ0n) is 12.0. The molecule has 0 saturated heterocycles. The minimum absolute atomic E-state index is 0.00261.